The zero-order valence-electron chi connectivity index (χ0n) is 10.3. The van der Waals surface area contributed by atoms with Gasteiger partial charge in [0, 0.05) is 6.04 Å². The summed E-state index contributed by atoms with van der Waals surface area (Å²) in [7, 11) is 0. The molecule has 0 radical (unpaired) electrons. The summed E-state index contributed by atoms with van der Waals surface area (Å²) in [5, 5.41) is 0. The lowest BCUT2D eigenvalue weighted by Crippen LogP contribution is -2.32. The van der Waals surface area contributed by atoms with Crippen LogP contribution in [0.25, 0.3) is 0 Å². The Morgan fingerprint density at radius 3 is 2.33 bits per heavy atom. The van der Waals surface area contributed by atoms with Crippen LogP contribution in [0.1, 0.15) is 31.9 Å². The van der Waals surface area contributed by atoms with Crippen LogP contribution in [0, 0.1) is 18.8 Å². The van der Waals surface area contributed by atoms with Crippen LogP contribution in [0.4, 0.5) is 0 Å². The molecule has 2 unspecified atom stereocenters. The molecule has 1 nitrogen and oxygen atoms in total. The van der Waals surface area contributed by atoms with E-state index in [-0.39, 0.29) is 6.04 Å². The average molecular weight is 205 g/mol. The Morgan fingerprint density at radius 2 is 1.87 bits per heavy atom. The molecule has 1 aromatic rings. The summed E-state index contributed by atoms with van der Waals surface area (Å²) in [5.41, 5.74) is 8.76. The first-order chi connectivity index (χ1) is 7.00. The molecule has 0 spiro atoms. The van der Waals surface area contributed by atoms with Gasteiger partial charge in [-0.05, 0) is 37.7 Å². The quantitative estimate of drug-likeness (QED) is 0.803. The predicted molar refractivity (Wildman–Crippen MR) is 66.9 cm³/mol. The van der Waals surface area contributed by atoms with Gasteiger partial charge in [-0.2, -0.15) is 0 Å². The van der Waals surface area contributed by atoms with Gasteiger partial charge in [-0.3, -0.25) is 0 Å². The summed E-state index contributed by atoms with van der Waals surface area (Å²) < 4.78 is 0. The summed E-state index contributed by atoms with van der Waals surface area (Å²) in [6, 6.07) is 9.00. The molecule has 0 heterocycles. The standard InChI is InChI=1S/C14H23N/c1-10(2)14(12(4)15)9-13-7-5-6-11(3)8-13/h5-8,10,12,14H,9,15H2,1-4H3. The first-order valence-corrected chi connectivity index (χ1v) is 5.82. The SMILES string of the molecule is Cc1cccc(CC(C(C)C)C(C)N)c1. The van der Waals surface area contributed by atoms with Crippen molar-refractivity contribution in [3.63, 3.8) is 0 Å². The van der Waals surface area contributed by atoms with Gasteiger partial charge in [0.2, 0.25) is 0 Å². The summed E-state index contributed by atoms with van der Waals surface area (Å²) in [6.07, 6.45) is 1.09. The van der Waals surface area contributed by atoms with E-state index >= 15 is 0 Å². The Morgan fingerprint density at radius 1 is 1.20 bits per heavy atom. The molecule has 0 saturated heterocycles. The smallest absolute Gasteiger partial charge is 0.00443 e. The number of aryl methyl sites for hydroxylation is 1. The Kier molecular flexibility index (Phi) is 4.34. The largest absolute Gasteiger partial charge is 0.328 e. The fourth-order valence-electron chi connectivity index (χ4n) is 2.14. The molecule has 15 heavy (non-hydrogen) atoms. The second-order valence-electron chi connectivity index (χ2n) is 4.96. The molecular weight excluding hydrogens is 182 g/mol. The molecule has 0 saturated carbocycles. The van der Waals surface area contributed by atoms with Gasteiger partial charge in [-0.1, -0.05) is 43.7 Å². The van der Waals surface area contributed by atoms with E-state index in [4.69, 9.17) is 5.73 Å². The number of hydrogen-bond donors (Lipinski definition) is 1. The average Bonchev–Trinajstić information content (AvgIpc) is 2.13. The van der Waals surface area contributed by atoms with Gasteiger partial charge in [0.05, 0.1) is 0 Å². The molecule has 0 fully saturated rings. The van der Waals surface area contributed by atoms with Crippen molar-refractivity contribution < 1.29 is 0 Å². The molecule has 0 aliphatic carbocycles. The van der Waals surface area contributed by atoms with E-state index in [0.717, 1.165) is 6.42 Å². The second kappa shape index (κ2) is 5.32. The number of benzene rings is 1. The van der Waals surface area contributed by atoms with Crippen molar-refractivity contribution in [1.29, 1.82) is 0 Å². The summed E-state index contributed by atoms with van der Waals surface area (Å²) in [4.78, 5) is 0. The van der Waals surface area contributed by atoms with Gasteiger partial charge in [-0.25, -0.2) is 0 Å². The highest BCUT2D eigenvalue weighted by Gasteiger charge is 2.18. The van der Waals surface area contributed by atoms with Crippen LogP contribution >= 0.6 is 0 Å². The molecule has 1 aromatic carbocycles. The molecule has 0 aliphatic heterocycles. The zero-order chi connectivity index (χ0) is 11.4. The molecule has 0 bridgehead atoms. The third-order valence-corrected chi connectivity index (χ3v) is 3.09. The van der Waals surface area contributed by atoms with Crippen LogP contribution in [0.15, 0.2) is 24.3 Å². The van der Waals surface area contributed by atoms with Gasteiger partial charge in [0.1, 0.15) is 0 Å². The Labute approximate surface area is 93.7 Å². The highest BCUT2D eigenvalue weighted by Crippen LogP contribution is 2.20. The predicted octanol–water partition coefficient (Wildman–Crippen LogP) is 3.16. The molecule has 0 aromatic heterocycles. The maximum Gasteiger partial charge on any atom is 0.00443 e. The van der Waals surface area contributed by atoms with E-state index in [1.807, 2.05) is 0 Å². The van der Waals surface area contributed by atoms with Crippen molar-refractivity contribution in [2.75, 3.05) is 0 Å². The lowest BCUT2D eigenvalue weighted by Gasteiger charge is -2.24. The highest BCUT2D eigenvalue weighted by molar-refractivity contribution is 5.22. The third kappa shape index (κ3) is 3.67. The second-order valence-corrected chi connectivity index (χ2v) is 4.96. The van der Waals surface area contributed by atoms with Crippen LogP contribution in [0.5, 0.6) is 0 Å². The number of rotatable bonds is 4. The van der Waals surface area contributed by atoms with Crippen molar-refractivity contribution >= 4 is 0 Å². The summed E-state index contributed by atoms with van der Waals surface area (Å²) in [6.45, 7) is 8.76. The summed E-state index contributed by atoms with van der Waals surface area (Å²) in [5.74, 6) is 1.22. The molecule has 84 valence electrons. The van der Waals surface area contributed by atoms with E-state index in [2.05, 4.69) is 52.0 Å². The van der Waals surface area contributed by atoms with Crippen molar-refractivity contribution in [3.8, 4) is 0 Å². The van der Waals surface area contributed by atoms with E-state index in [0.29, 0.717) is 11.8 Å². The molecular formula is C14H23N. The minimum absolute atomic E-state index is 0.269. The third-order valence-electron chi connectivity index (χ3n) is 3.09. The van der Waals surface area contributed by atoms with Crippen molar-refractivity contribution in [2.24, 2.45) is 17.6 Å². The zero-order valence-corrected chi connectivity index (χ0v) is 10.3. The Balaban J connectivity index is 2.74. The van der Waals surface area contributed by atoms with Crippen LogP contribution < -0.4 is 5.73 Å². The molecule has 0 aliphatic rings. The van der Waals surface area contributed by atoms with Crippen LogP contribution in [-0.4, -0.2) is 6.04 Å². The maximum absolute atomic E-state index is 6.02. The molecule has 1 rings (SSSR count). The van der Waals surface area contributed by atoms with E-state index in [1.165, 1.54) is 11.1 Å². The highest BCUT2D eigenvalue weighted by atomic mass is 14.6. The first kappa shape index (κ1) is 12.3. The number of hydrogen-bond acceptors (Lipinski definition) is 1. The molecule has 2 N–H and O–H groups in total. The van der Waals surface area contributed by atoms with Gasteiger partial charge >= 0.3 is 0 Å². The Bertz CT molecular complexity index is 294. The van der Waals surface area contributed by atoms with Crippen molar-refractivity contribution in [1.82, 2.24) is 0 Å². The summed E-state index contributed by atoms with van der Waals surface area (Å²) >= 11 is 0. The number of nitrogens with two attached hydrogens (primary N) is 1. The molecule has 0 amide bonds. The van der Waals surface area contributed by atoms with Crippen LogP contribution in [0.3, 0.4) is 0 Å². The fourth-order valence-corrected chi connectivity index (χ4v) is 2.14. The van der Waals surface area contributed by atoms with Crippen molar-refractivity contribution in [3.05, 3.63) is 35.4 Å². The van der Waals surface area contributed by atoms with Gasteiger partial charge < -0.3 is 5.73 Å². The normalized spacial score (nSPS) is 15.3. The Hall–Kier alpha value is -0.820. The fraction of sp³-hybridized carbons (Fsp3) is 0.571. The topological polar surface area (TPSA) is 26.0 Å². The van der Waals surface area contributed by atoms with Crippen LogP contribution in [0.2, 0.25) is 0 Å². The lowest BCUT2D eigenvalue weighted by atomic mass is 9.84. The van der Waals surface area contributed by atoms with Gasteiger partial charge in [-0.15, -0.1) is 0 Å². The van der Waals surface area contributed by atoms with Gasteiger partial charge in [0.25, 0.3) is 0 Å². The lowest BCUT2D eigenvalue weighted by molar-refractivity contribution is 0.330. The first-order valence-electron chi connectivity index (χ1n) is 5.82. The van der Waals surface area contributed by atoms with E-state index in [1.54, 1.807) is 0 Å². The minimum atomic E-state index is 0.269. The van der Waals surface area contributed by atoms with Crippen LogP contribution in [-0.2, 0) is 6.42 Å². The monoisotopic (exact) mass is 205 g/mol. The van der Waals surface area contributed by atoms with Gasteiger partial charge in [0.15, 0.2) is 0 Å². The maximum atomic E-state index is 6.02. The molecule has 1 heteroatoms. The minimum Gasteiger partial charge on any atom is -0.328 e. The van der Waals surface area contributed by atoms with E-state index < -0.39 is 0 Å². The van der Waals surface area contributed by atoms with Crippen molar-refractivity contribution in [2.45, 2.75) is 40.2 Å². The molecule has 2 atom stereocenters. The van der Waals surface area contributed by atoms with E-state index in [9.17, 15) is 0 Å².